The third-order valence-corrected chi connectivity index (χ3v) is 4.59. The Labute approximate surface area is 140 Å². The van der Waals surface area contributed by atoms with Gasteiger partial charge >= 0.3 is 0 Å². The third kappa shape index (κ3) is 3.06. The minimum Gasteiger partial charge on any atom is -0.438 e. The molecule has 8 heteroatoms. The van der Waals surface area contributed by atoms with Crippen LogP contribution < -0.4 is 0 Å². The van der Waals surface area contributed by atoms with Gasteiger partial charge in [-0.3, -0.25) is 4.79 Å². The van der Waals surface area contributed by atoms with Gasteiger partial charge in [0.1, 0.15) is 0 Å². The van der Waals surface area contributed by atoms with Gasteiger partial charge < -0.3 is 18.6 Å². The van der Waals surface area contributed by atoms with E-state index >= 15 is 0 Å². The number of methoxy groups -OCH3 is 1. The van der Waals surface area contributed by atoms with Gasteiger partial charge in [-0.15, -0.1) is 0 Å². The highest BCUT2D eigenvalue weighted by Crippen LogP contribution is 2.36. The first-order valence-electron chi connectivity index (χ1n) is 8.05. The first-order chi connectivity index (χ1) is 11.6. The van der Waals surface area contributed by atoms with Gasteiger partial charge in [0, 0.05) is 33.7 Å². The summed E-state index contributed by atoms with van der Waals surface area (Å²) in [6, 6.07) is 0. The van der Waals surface area contributed by atoms with E-state index < -0.39 is 0 Å². The second kappa shape index (κ2) is 6.72. The predicted octanol–water partition coefficient (Wildman–Crippen LogP) is 1.88. The van der Waals surface area contributed by atoms with Crippen LogP contribution in [0.2, 0.25) is 0 Å². The molecule has 2 aromatic heterocycles. The average molecular weight is 334 g/mol. The van der Waals surface area contributed by atoms with Crippen LogP contribution >= 0.6 is 0 Å². The topological polar surface area (TPSA) is 94.5 Å². The Hall–Kier alpha value is -2.22. The lowest BCUT2D eigenvalue weighted by Gasteiger charge is -2.40. The molecule has 24 heavy (non-hydrogen) atoms. The molecule has 1 saturated heterocycles. The number of piperidine rings is 1. The number of aromatic nitrogens is 3. The number of aryl methyl sites for hydroxylation is 2. The van der Waals surface area contributed by atoms with Crippen molar-refractivity contribution in [1.82, 2.24) is 20.0 Å². The molecule has 0 aliphatic carbocycles. The largest absolute Gasteiger partial charge is 0.438 e. The zero-order chi connectivity index (χ0) is 17.2. The van der Waals surface area contributed by atoms with Crippen LogP contribution in [0.1, 0.15) is 47.2 Å². The van der Waals surface area contributed by atoms with Crippen molar-refractivity contribution in [1.29, 1.82) is 0 Å². The van der Waals surface area contributed by atoms with Gasteiger partial charge in [0.25, 0.3) is 5.91 Å². The minimum absolute atomic E-state index is 0.147. The van der Waals surface area contributed by atoms with Gasteiger partial charge in [-0.25, -0.2) is 4.98 Å². The van der Waals surface area contributed by atoms with Crippen LogP contribution in [0.4, 0.5) is 0 Å². The summed E-state index contributed by atoms with van der Waals surface area (Å²) in [6.45, 7) is 5.28. The Morgan fingerprint density at radius 2 is 2.29 bits per heavy atom. The molecule has 3 heterocycles. The van der Waals surface area contributed by atoms with E-state index in [9.17, 15) is 4.79 Å². The van der Waals surface area contributed by atoms with E-state index in [-0.39, 0.29) is 11.3 Å². The normalized spacial score (nSPS) is 21.2. The number of nitrogens with zero attached hydrogens (tertiary/aromatic N) is 4. The maximum Gasteiger partial charge on any atom is 0.291 e. The number of hydrogen-bond donors (Lipinski definition) is 0. The smallest absolute Gasteiger partial charge is 0.291 e. The molecule has 3 rings (SSSR count). The maximum atomic E-state index is 12.8. The summed E-state index contributed by atoms with van der Waals surface area (Å²) in [5, 5.41) is 4.12. The fourth-order valence-corrected chi connectivity index (χ4v) is 3.27. The molecule has 0 aromatic carbocycles. The van der Waals surface area contributed by atoms with Crippen molar-refractivity contribution >= 4 is 5.91 Å². The highest BCUT2D eigenvalue weighted by molar-refractivity contribution is 5.92. The molecule has 1 fully saturated rings. The highest BCUT2D eigenvalue weighted by atomic mass is 16.5. The zero-order valence-corrected chi connectivity index (χ0v) is 14.2. The number of carbonyl (C=O) groups excluding carboxylic acids is 1. The van der Waals surface area contributed by atoms with E-state index in [0.717, 1.165) is 19.3 Å². The van der Waals surface area contributed by atoms with Crippen LogP contribution in [0.5, 0.6) is 0 Å². The number of oxazole rings is 1. The monoisotopic (exact) mass is 334 g/mol. The van der Waals surface area contributed by atoms with E-state index in [0.29, 0.717) is 42.9 Å². The van der Waals surface area contributed by atoms with Crippen LogP contribution in [-0.4, -0.2) is 52.7 Å². The Balaban J connectivity index is 1.87. The Morgan fingerprint density at radius 3 is 2.92 bits per heavy atom. The Morgan fingerprint density at radius 1 is 1.46 bits per heavy atom. The lowest BCUT2D eigenvalue weighted by atomic mass is 9.76. The molecule has 0 saturated carbocycles. The van der Waals surface area contributed by atoms with Crippen LogP contribution in [0.15, 0.2) is 15.3 Å². The molecule has 2 aromatic rings. The van der Waals surface area contributed by atoms with Gasteiger partial charge in [0.05, 0.1) is 11.1 Å². The quantitative estimate of drug-likeness (QED) is 0.824. The highest BCUT2D eigenvalue weighted by Gasteiger charge is 2.42. The lowest BCUT2D eigenvalue weighted by Crippen LogP contribution is -2.49. The Kier molecular flexibility index (Phi) is 4.66. The molecule has 130 valence electrons. The summed E-state index contributed by atoms with van der Waals surface area (Å²) in [4.78, 5) is 23.0. The molecule has 0 bridgehead atoms. The van der Waals surface area contributed by atoms with E-state index in [1.54, 1.807) is 25.9 Å². The SMILES string of the molecule is COCCC1(c2noc(C)n2)CCCN(C(=O)c2ocnc2C)C1. The number of amides is 1. The first kappa shape index (κ1) is 16.6. The third-order valence-electron chi connectivity index (χ3n) is 4.59. The number of rotatable bonds is 5. The van der Waals surface area contributed by atoms with Crippen LogP contribution in [0.3, 0.4) is 0 Å². The van der Waals surface area contributed by atoms with Gasteiger partial charge in [0.2, 0.25) is 11.7 Å². The summed E-state index contributed by atoms with van der Waals surface area (Å²) in [5.74, 6) is 1.31. The molecule has 1 amide bonds. The van der Waals surface area contributed by atoms with Crippen molar-refractivity contribution in [3.8, 4) is 0 Å². The molecular weight excluding hydrogens is 312 g/mol. The van der Waals surface area contributed by atoms with Crippen LogP contribution in [0, 0.1) is 13.8 Å². The number of carbonyl (C=O) groups is 1. The lowest BCUT2D eigenvalue weighted by molar-refractivity contribution is 0.0537. The molecular formula is C16H22N4O4. The van der Waals surface area contributed by atoms with Crippen LogP contribution in [-0.2, 0) is 10.2 Å². The summed E-state index contributed by atoms with van der Waals surface area (Å²) in [6.07, 6.45) is 3.76. The molecule has 0 radical (unpaired) electrons. The molecule has 1 atom stereocenters. The van der Waals surface area contributed by atoms with E-state index in [1.165, 1.54) is 6.39 Å². The van der Waals surface area contributed by atoms with E-state index in [2.05, 4.69) is 15.1 Å². The van der Waals surface area contributed by atoms with Crippen molar-refractivity contribution in [3.63, 3.8) is 0 Å². The van der Waals surface area contributed by atoms with Crippen molar-refractivity contribution in [2.75, 3.05) is 26.8 Å². The second-order valence-corrected chi connectivity index (χ2v) is 6.26. The molecule has 0 N–H and O–H groups in total. The Bertz CT molecular complexity index is 711. The average Bonchev–Trinajstić information content (AvgIpc) is 3.21. The molecule has 1 unspecified atom stereocenters. The zero-order valence-electron chi connectivity index (χ0n) is 14.2. The van der Waals surface area contributed by atoms with Gasteiger partial charge in [0.15, 0.2) is 12.2 Å². The molecule has 8 nitrogen and oxygen atoms in total. The standard InChI is InChI=1S/C16H22N4O4/c1-11-13(23-10-17-11)14(21)20-7-4-5-16(9-20,6-8-22-3)15-18-12(2)24-19-15/h10H,4-9H2,1-3H3. The number of likely N-dealkylation sites (tertiary alicyclic amines) is 1. The van der Waals surface area contributed by atoms with Crippen molar-refractivity contribution in [2.45, 2.75) is 38.5 Å². The predicted molar refractivity (Wildman–Crippen MR) is 83.6 cm³/mol. The summed E-state index contributed by atoms with van der Waals surface area (Å²) in [5.41, 5.74) is 0.235. The van der Waals surface area contributed by atoms with E-state index in [4.69, 9.17) is 13.7 Å². The van der Waals surface area contributed by atoms with Gasteiger partial charge in [-0.05, 0) is 26.2 Å². The maximum absolute atomic E-state index is 12.8. The minimum atomic E-state index is -0.365. The molecule has 0 spiro atoms. The summed E-state index contributed by atoms with van der Waals surface area (Å²) < 4.78 is 15.7. The fraction of sp³-hybridized carbons (Fsp3) is 0.625. The summed E-state index contributed by atoms with van der Waals surface area (Å²) in [7, 11) is 1.67. The van der Waals surface area contributed by atoms with E-state index in [1.807, 2.05) is 0 Å². The molecule has 1 aliphatic rings. The number of ether oxygens (including phenoxy) is 1. The summed E-state index contributed by atoms with van der Waals surface area (Å²) >= 11 is 0. The van der Waals surface area contributed by atoms with Crippen molar-refractivity contribution in [2.24, 2.45) is 0 Å². The van der Waals surface area contributed by atoms with Gasteiger partial charge in [-0.2, -0.15) is 4.98 Å². The number of hydrogen-bond acceptors (Lipinski definition) is 7. The van der Waals surface area contributed by atoms with Gasteiger partial charge in [-0.1, -0.05) is 5.16 Å². The first-order valence-corrected chi connectivity index (χ1v) is 8.05. The fourth-order valence-electron chi connectivity index (χ4n) is 3.27. The second-order valence-electron chi connectivity index (χ2n) is 6.26. The van der Waals surface area contributed by atoms with Crippen molar-refractivity contribution in [3.05, 3.63) is 29.6 Å². The van der Waals surface area contributed by atoms with Crippen LogP contribution in [0.25, 0.3) is 0 Å². The molecule has 1 aliphatic heterocycles. The van der Waals surface area contributed by atoms with Crippen molar-refractivity contribution < 1.29 is 18.5 Å².